The lowest BCUT2D eigenvalue weighted by Crippen LogP contribution is -2.07. The summed E-state index contributed by atoms with van der Waals surface area (Å²) in [5.41, 5.74) is -0.784. The molecule has 0 fully saturated rings. The summed E-state index contributed by atoms with van der Waals surface area (Å²) in [5, 5.41) is 0. The van der Waals surface area contributed by atoms with Crippen LogP contribution in [0.15, 0.2) is 29.2 Å². The van der Waals surface area contributed by atoms with E-state index >= 15 is 0 Å². The van der Waals surface area contributed by atoms with Gasteiger partial charge in [-0.15, -0.1) is 11.8 Å². The summed E-state index contributed by atoms with van der Waals surface area (Å²) >= 11 is 1.42. The third kappa shape index (κ3) is 4.22. The summed E-state index contributed by atoms with van der Waals surface area (Å²) in [6, 6.07) is 5.84. The molecular weight excluding hydrogens is 338 g/mol. The van der Waals surface area contributed by atoms with Crippen molar-refractivity contribution in [2.45, 2.75) is 24.2 Å². The maximum absolute atomic E-state index is 13.5. The van der Waals surface area contributed by atoms with Crippen LogP contribution < -0.4 is 0 Å². The molecule has 0 aromatic heterocycles. The summed E-state index contributed by atoms with van der Waals surface area (Å²) in [5.74, 6) is -9.28. The molecule has 0 N–H and O–H groups in total. The Kier molecular flexibility index (Phi) is 5.98. The van der Waals surface area contributed by atoms with E-state index in [1.54, 1.807) is 12.1 Å². The monoisotopic (exact) mass is 350 g/mol. The van der Waals surface area contributed by atoms with Crippen LogP contribution in [0.4, 0.5) is 26.3 Å². The van der Waals surface area contributed by atoms with Crippen LogP contribution >= 0.6 is 11.8 Å². The van der Waals surface area contributed by atoms with E-state index in [1.807, 2.05) is 0 Å². The molecular formula is C16H12F6S. The molecule has 0 aliphatic heterocycles. The average Bonchev–Trinajstić information content (AvgIpc) is 2.55. The zero-order chi connectivity index (χ0) is 17.0. The Morgan fingerprint density at radius 1 is 0.652 bits per heavy atom. The van der Waals surface area contributed by atoms with Gasteiger partial charge in [0, 0.05) is 10.5 Å². The molecule has 124 valence electrons. The molecule has 0 atom stereocenters. The van der Waals surface area contributed by atoms with Crippen molar-refractivity contribution in [3.8, 4) is 0 Å². The zero-order valence-corrected chi connectivity index (χ0v) is 12.6. The fraction of sp³-hybridized carbons (Fsp3) is 0.250. The Labute approximate surface area is 133 Å². The lowest BCUT2D eigenvalue weighted by Gasteiger charge is -2.08. The summed E-state index contributed by atoms with van der Waals surface area (Å²) in [4.78, 5) is 0.836. The van der Waals surface area contributed by atoms with Gasteiger partial charge in [0.2, 0.25) is 5.82 Å². The van der Waals surface area contributed by atoms with Crippen LogP contribution in [0.3, 0.4) is 0 Å². The van der Waals surface area contributed by atoms with Gasteiger partial charge >= 0.3 is 0 Å². The van der Waals surface area contributed by atoms with Crippen molar-refractivity contribution in [2.75, 3.05) is 5.75 Å². The first-order valence-electron chi connectivity index (χ1n) is 6.80. The SMILES string of the molecule is Fc1ccc(SCCCCc2c(F)c(F)c(F)c(F)c2F)cc1. The number of hydrogen-bond donors (Lipinski definition) is 0. The number of unbranched alkanes of at least 4 members (excludes halogenated alkanes) is 1. The Balaban J connectivity index is 1.88. The van der Waals surface area contributed by atoms with Crippen LogP contribution in [0.1, 0.15) is 18.4 Å². The minimum atomic E-state index is -2.14. The Bertz CT molecular complexity index is 655. The summed E-state index contributed by atoms with van der Waals surface area (Å²) in [6.45, 7) is 0. The van der Waals surface area contributed by atoms with E-state index < -0.39 is 34.6 Å². The fourth-order valence-corrected chi connectivity index (χ4v) is 2.91. The van der Waals surface area contributed by atoms with Gasteiger partial charge in [-0.3, -0.25) is 0 Å². The lowest BCUT2D eigenvalue weighted by atomic mass is 10.1. The summed E-state index contributed by atoms with van der Waals surface area (Å²) in [6.07, 6.45) is 0.545. The van der Waals surface area contributed by atoms with E-state index in [0.717, 1.165) is 4.90 Å². The van der Waals surface area contributed by atoms with E-state index in [0.29, 0.717) is 12.2 Å². The van der Waals surface area contributed by atoms with E-state index in [2.05, 4.69) is 0 Å². The van der Waals surface area contributed by atoms with Crippen LogP contribution in [0.25, 0.3) is 0 Å². The van der Waals surface area contributed by atoms with Crippen LogP contribution in [-0.4, -0.2) is 5.75 Å². The Morgan fingerprint density at radius 3 is 1.74 bits per heavy atom. The fourth-order valence-electron chi connectivity index (χ4n) is 1.99. The largest absolute Gasteiger partial charge is 0.207 e. The number of benzene rings is 2. The standard InChI is InChI=1S/C16H12F6S/c17-9-4-6-10(7-5-9)23-8-2-1-3-11-12(18)14(20)16(22)15(21)13(11)19/h4-7H,1-3,8H2. The van der Waals surface area contributed by atoms with Crippen molar-refractivity contribution in [3.05, 3.63) is 64.7 Å². The van der Waals surface area contributed by atoms with Crippen LogP contribution in [0.5, 0.6) is 0 Å². The smallest absolute Gasteiger partial charge is 0.200 e. The van der Waals surface area contributed by atoms with Gasteiger partial charge in [0.15, 0.2) is 23.3 Å². The zero-order valence-electron chi connectivity index (χ0n) is 11.8. The first kappa shape index (κ1) is 17.7. The number of thioether (sulfide) groups is 1. The van der Waals surface area contributed by atoms with Crippen molar-refractivity contribution in [1.82, 2.24) is 0 Å². The van der Waals surface area contributed by atoms with E-state index in [1.165, 1.54) is 23.9 Å². The molecule has 0 aliphatic rings. The average molecular weight is 350 g/mol. The third-order valence-corrected chi connectivity index (χ3v) is 4.30. The predicted molar refractivity (Wildman–Crippen MR) is 76.3 cm³/mol. The molecule has 2 aromatic rings. The molecule has 0 heterocycles. The van der Waals surface area contributed by atoms with Gasteiger partial charge in [0.05, 0.1) is 0 Å². The quantitative estimate of drug-likeness (QED) is 0.214. The number of halogens is 6. The highest BCUT2D eigenvalue weighted by atomic mass is 32.2. The van der Waals surface area contributed by atoms with Gasteiger partial charge in [0.1, 0.15) is 5.82 Å². The molecule has 0 bridgehead atoms. The van der Waals surface area contributed by atoms with Crippen molar-refractivity contribution in [1.29, 1.82) is 0 Å². The second-order valence-corrected chi connectivity index (χ2v) is 5.98. The van der Waals surface area contributed by atoms with E-state index in [-0.39, 0.29) is 18.7 Å². The molecule has 2 rings (SSSR count). The summed E-state index contributed by atoms with van der Waals surface area (Å²) in [7, 11) is 0. The molecule has 0 aliphatic carbocycles. The molecule has 7 heteroatoms. The second kappa shape index (κ2) is 7.77. The van der Waals surface area contributed by atoms with E-state index in [4.69, 9.17) is 0 Å². The first-order chi connectivity index (χ1) is 10.9. The molecule has 0 radical (unpaired) electrons. The Hall–Kier alpha value is -1.63. The third-order valence-electron chi connectivity index (χ3n) is 3.20. The number of hydrogen-bond acceptors (Lipinski definition) is 1. The van der Waals surface area contributed by atoms with Crippen LogP contribution in [-0.2, 0) is 6.42 Å². The van der Waals surface area contributed by atoms with Crippen LogP contribution in [0.2, 0.25) is 0 Å². The molecule has 2 aromatic carbocycles. The maximum Gasteiger partial charge on any atom is 0.200 e. The summed E-state index contributed by atoms with van der Waals surface area (Å²) < 4.78 is 78.6. The second-order valence-electron chi connectivity index (χ2n) is 4.81. The highest BCUT2D eigenvalue weighted by Gasteiger charge is 2.24. The Morgan fingerprint density at radius 2 is 1.17 bits per heavy atom. The van der Waals surface area contributed by atoms with Crippen molar-refractivity contribution in [2.24, 2.45) is 0 Å². The molecule has 0 amide bonds. The van der Waals surface area contributed by atoms with Gasteiger partial charge in [-0.25, -0.2) is 26.3 Å². The molecule has 0 spiro atoms. The highest BCUT2D eigenvalue weighted by molar-refractivity contribution is 7.99. The highest BCUT2D eigenvalue weighted by Crippen LogP contribution is 2.25. The minimum Gasteiger partial charge on any atom is -0.207 e. The normalized spacial score (nSPS) is 11.0. The molecule has 0 unspecified atom stereocenters. The number of rotatable bonds is 6. The topological polar surface area (TPSA) is 0 Å². The van der Waals surface area contributed by atoms with Crippen molar-refractivity contribution in [3.63, 3.8) is 0 Å². The molecule has 0 saturated heterocycles. The molecule has 0 saturated carbocycles. The maximum atomic E-state index is 13.5. The van der Waals surface area contributed by atoms with Crippen LogP contribution in [0, 0.1) is 34.9 Å². The minimum absolute atomic E-state index is 0.240. The van der Waals surface area contributed by atoms with Gasteiger partial charge < -0.3 is 0 Å². The van der Waals surface area contributed by atoms with Gasteiger partial charge in [-0.2, -0.15) is 0 Å². The first-order valence-corrected chi connectivity index (χ1v) is 7.79. The lowest BCUT2D eigenvalue weighted by molar-refractivity contribution is 0.369. The van der Waals surface area contributed by atoms with E-state index in [9.17, 15) is 26.3 Å². The molecule has 23 heavy (non-hydrogen) atoms. The molecule has 0 nitrogen and oxygen atoms in total. The van der Waals surface area contributed by atoms with Gasteiger partial charge in [-0.1, -0.05) is 0 Å². The van der Waals surface area contributed by atoms with Crippen molar-refractivity contribution >= 4 is 11.8 Å². The predicted octanol–water partition coefficient (Wildman–Crippen LogP) is 5.64. The van der Waals surface area contributed by atoms with Gasteiger partial charge in [-0.05, 0) is 49.3 Å². The van der Waals surface area contributed by atoms with Gasteiger partial charge in [0.25, 0.3) is 0 Å². The van der Waals surface area contributed by atoms with Crippen molar-refractivity contribution < 1.29 is 26.3 Å².